The van der Waals surface area contributed by atoms with Crippen molar-refractivity contribution >= 4 is 17.5 Å². The number of nitro benzene ring substituents is 1. The second-order valence-electron chi connectivity index (χ2n) is 3.39. The summed E-state index contributed by atoms with van der Waals surface area (Å²) in [7, 11) is 0. The summed E-state index contributed by atoms with van der Waals surface area (Å²) in [5.74, 6) is -1.43. The number of nitro groups is 1. The Morgan fingerprint density at radius 2 is 2.17 bits per heavy atom. The second kappa shape index (κ2) is 5.73. The first-order valence-electron chi connectivity index (χ1n) is 4.88. The lowest BCUT2D eigenvalue weighted by Crippen LogP contribution is -2.29. The van der Waals surface area contributed by atoms with Gasteiger partial charge in [0.05, 0.1) is 10.5 Å². The van der Waals surface area contributed by atoms with Crippen LogP contribution < -0.4 is 11.2 Å². The normalized spacial score (nSPS) is 9.83. The van der Waals surface area contributed by atoms with E-state index in [-0.39, 0.29) is 16.8 Å². The van der Waals surface area contributed by atoms with Crippen molar-refractivity contribution in [2.24, 2.45) is 5.73 Å². The first-order chi connectivity index (χ1) is 8.43. The first-order valence-corrected chi connectivity index (χ1v) is 4.88. The fourth-order valence-corrected chi connectivity index (χ4v) is 1.29. The molecule has 96 valence electrons. The van der Waals surface area contributed by atoms with Crippen molar-refractivity contribution in [3.8, 4) is 0 Å². The molecule has 0 spiro atoms. The molecule has 0 aromatic heterocycles. The molecule has 0 aliphatic carbocycles. The Kier molecular flexibility index (Phi) is 4.33. The van der Waals surface area contributed by atoms with Gasteiger partial charge in [-0.1, -0.05) is 6.07 Å². The number of hydrogen-bond donors (Lipinski definition) is 2. The lowest BCUT2D eigenvalue weighted by molar-refractivity contribution is -0.385. The van der Waals surface area contributed by atoms with E-state index in [4.69, 9.17) is 5.73 Å². The number of carbonyl (C=O) groups is 2. The monoisotopic (exact) mass is 253 g/mol. The summed E-state index contributed by atoms with van der Waals surface area (Å²) in [5.41, 5.74) is 6.91. The summed E-state index contributed by atoms with van der Waals surface area (Å²) in [6.45, 7) is 0.973. The number of hydrogen-bond acceptors (Lipinski definition) is 5. The maximum Gasteiger partial charge on any atom is 0.275 e. The molecule has 3 N–H and O–H groups in total. The van der Waals surface area contributed by atoms with Crippen LogP contribution in [0.25, 0.3) is 0 Å². The van der Waals surface area contributed by atoms with E-state index in [0.717, 1.165) is 0 Å². The molecule has 0 heterocycles. The summed E-state index contributed by atoms with van der Waals surface area (Å²) in [5, 5.41) is 10.7. The molecule has 1 aromatic rings. The Bertz CT molecular complexity index is 500. The molecule has 0 saturated heterocycles. The van der Waals surface area contributed by atoms with E-state index in [0.29, 0.717) is 0 Å². The van der Waals surface area contributed by atoms with Gasteiger partial charge in [-0.3, -0.25) is 24.5 Å². The molecule has 1 aromatic carbocycles. The molecule has 18 heavy (non-hydrogen) atoms. The lowest BCUT2D eigenvalue weighted by atomic mass is 10.1. The van der Waals surface area contributed by atoms with Gasteiger partial charge in [-0.05, 0) is 13.0 Å². The molecule has 0 saturated carbocycles. The zero-order chi connectivity index (χ0) is 13.7. The lowest BCUT2D eigenvalue weighted by Gasteiger charge is -2.06. The van der Waals surface area contributed by atoms with E-state index in [9.17, 15) is 19.7 Å². The first kappa shape index (κ1) is 13.6. The van der Waals surface area contributed by atoms with Gasteiger partial charge in [0.15, 0.2) is 6.61 Å². The SMILES string of the molecule is Cc1c(C(=O)NOCC(N)=O)cccc1[N+](=O)[O-]. The molecular formula is C10H11N3O5. The zero-order valence-corrected chi connectivity index (χ0v) is 9.50. The third kappa shape index (κ3) is 3.25. The van der Waals surface area contributed by atoms with E-state index in [1.54, 1.807) is 0 Å². The Morgan fingerprint density at radius 3 is 2.72 bits per heavy atom. The number of amides is 2. The minimum absolute atomic E-state index is 0.0914. The molecule has 0 unspecified atom stereocenters. The Labute approximate surface area is 102 Å². The van der Waals surface area contributed by atoms with E-state index in [1.807, 2.05) is 5.48 Å². The summed E-state index contributed by atoms with van der Waals surface area (Å²) in [4.78, 5) is 36.6. The van der Waals surface area contributed by atoms with E-state index < -0.39 is 23.3 Å². The summed E-state index contributed by atoms with van der Waals surface area (Å²) in [6.07, 6.45) is 0. The van der Waals surface area contributed by atoms with Gasteiger partial charge in [0.2, 0.25) is 5.91 Å². The molecule has 0 fully saturated rings. The molecule has 0 atom stereocenters. The second-order valence-corrected chi connectivity index (χ2v) is 3.39. The Balaban J connectivity index is 2.83. The molecule has 2 amide bonds. The van der Waals surface area contributed by atoms with Gasteiger partial charge in [-0.25, -0.2) is 5.48 Å². The third-order valence-electron chi connectivity index (χ3n) is 2.13. The highest BCUT2D eigenvalue weighted by Gasteiger charge is 2.17. The fourth-order valence-electron chi connectivity index (χ4n) is 1.29. The highest BCUT2D eigenvalue weighted by molar-refractivity contribution is 5.96. The van der Waals surface area contributed by atoms with Crippen LogP contribution in [0.1, 0.15) is 15.9 Å². The molecule has 8 heteroatoms. The molecule has 0 aliphatic rings. The van der Waals surface area contributed by atoms with Crippen LogP contribution >= 0.6 is 0 Å². The standard InChI is InChI=1S/C10H11N3O5/c1-6-7(3-2-4-8(6)13(16)17)10(15)12-18-5-9(11)14/h2-4H,5H2,1H3,(H2,11,14)(H,12,15). The van der Waals surface area contributed by atoms with Crippen molar-refractivity contribution in [3.05, 3.63) is 39.4 Å². The molecule has 0 bridgehead atoms. The van der Waals surface area contributed by atoms with Gasteiger partial charge in [0, 0.05) is 11.6 Å². The number of primary amides is 1. The predicted octanol–water partition coefficient (Wildman–Crippen LogP) is 0.0499. The largest absolute Gasteiger partial charge is 0.368 e. The van der Waals surface area contributed by atoms with Gasteiger partial charge in [0.1, 0.15) is 0 Å². The fraction of sp³-hybridized carbons (Fsp3) is 0.200. The van der Waals surface area contributed by atoms with Gasteiger partial charge in [-0.2, -0.15) is 0 Å². The molecular weight excluding hydrogens is 242 g/mol. The van der Waals surface area contributed by atoms with Crippen molar-refractivity contribution in [3.63, 3.8) is 0 Å². The van der Waals surface area contributed by atoms with Crippen molar-refractivity contribution in [1.29, 1.82) is 0 Å². The van der Waals surface area contributed by atoms with Crippen LogP contribution in [0.15, 0.2) is 18.2 Å². The van der Waals surface area contributed by atoms with Crippen LogP contribution in [-0.4, -0.2) is 23.3 Å². The van der Waals surface area contributed by atoms with Crippen LogP contribution in [-0.2, 0) is 9.63 Å². The number of nitrogens with zero attached hydrogens (tertiary/aromatic N) is 1. The smallest absolute Gasteiger partial charge is 0.275 e. The number of carbonyl (C=O) groups excluding carboxylic acids is 2. The minimum atomic E-state index is -0.744. The number of nitrogens with two attached hydrogens (primary N) is 1. The van der Waals surface area contributed by atoms with Crippen molar-refractivity contribution in [2.75, 3.05) is 6.61 Å². The summed E-state index contributed by atoms with van der Waals surface area (Å²) >= 11 is 0. The average molecular weight is 253 g/mol. The maximum atomic E-state index is 11.6. The quantitative estimate of drug-likeness (QED) is 0.566. The number of benzene rings is 1. The van der Waals surface area contributed by atoms with Gasteiger partial charge in [-0.15, -0.1) is 0 Å². The van der Waals surface area contributed by atoms with Crippen LogP contribution in [0.2, 0.25) is 0 Å². The Morgan fingerprint density at radius 1 is 1.50 bits per heavy atom. The van der Waals surface area contributed by atoms with Gasteiger partial charge in [0.25, 0.3) is 11.6 Å². The van der Waals surface area contributed by atoms with Crippen molar-refractivity contribution in [2.45, 2.75) is 6.92 Å². The molecule has 8 nitrogen and oxygen atoms in total. The topological polar surface area (TPSA) is 125 Å². The highest BCUT2D eigenvalue weighted by Crippen LogP contribution is 2.20. The zero-order valence-electron chi connectivity index (χ0n) is 9.50. The third-order valence-corrected chi connectivity index (χ3v) is 2.13. The van der Waals surface area contributed by atoms with Gasteiger partial charge >= 0.3 is 0 Å². The Hall–Kier alpha value is -2.48. The van der Waals surface area contributed by atoms with E-state index in [1.165, 1.54) is 25.1 Å². The molecule has 1 rings (SSSR count). The predicted molar refractivity (Wildman–Crippen MR) is 60.4 cm³/mol. The number of nitrogens with one attached hydrogen (secondary N) is 1. The average Bonchev–Trinajstić information content (AvgIpc) is 2.28. The highest BCUT2D eigenvalue weighted by atomic mass is 16.7. The van der Waals surface area contributed by atoms with Crippen molar-refractivity contribution in [1.82, 2.24) is 5.48 Å². The molecule has 0 radical (unpaired) electrons. The maximum absolute atomic E-state index is 11.6. The van der Waals surface area contributed by atoms with Crippen LogP contribution in [0.3, 0.4) is 0 Å². The van der Waals surface area contributed by atoms with Gasteiger partial charge < -0.3 is 5.73 Å². The van der Waals surface area contributed by atoms with E-state index in [2.05, 4.69) is 4.84 Å². The number of hydroxylamine groups is 1. The number of rotatable bonds is 5. The van der Waals surface area contributed by atoms with Crippen molar-refractivity contribution < 1.29 is 19.3 Å². The minimum Gasteiger partial charge on any atom is -0.368 e. The summed E-state index contributed by atoms with van der Waals surface area (Å²) < 4.78 is 0. The van der Waals surface area contributed by atoms with Crippen LogP contribution in [0.4, 0.5) is 5.69 Å². The van der Waals surface area contributed by atoms with E-state index >= 15 is 0 Å². The van der Waals surface area contributed by atoms with Crippen LogP contribution in [0.5, 0.6) is 0 Å². The summed E-state index contributed by atoms with van der Waals surface area (Å²) in [6, 6.07) is 4.08. The molecule has 0 aliphatic heterocycles. The van der Waals surface area contributed by atoms with Crippen LogP contribution in [0, 0.1) is 17.0 Å².